The van der Waals surface area contributed by atoms with E-state index in [1.807, 2.05) is 12.1 Å². The molecule has 3 rings (SSSR count). The zero-order valence-corrected chi connectivity index (χ0v) is 15.9. The molecule has 2 aromatic heterocycles. The van der Waals surface area contributed by atoms with E-state index < -0.39 is 0 Å². The minimum absolute atomic E-state index is 0.176. The maximum atomic E-state index is 5.36. The van der Waals surface area contributed by atoms with Crippen LogP contribution in [0, 0.1) is 0 Å². The number of thiazole rings is 1. The molecule has 0 spiro atoms. The molecule has 0 aliphatic carbocycles. The summed E-state index contributed by atoms with van der Waals surface area (Å²) in [6.07, 6.45) is 3.52. The van der Waals surface area contributed by atoms with Crippen molar-refractivity contribution in [3.63, 3.8) is 0 Å². The van der Waals surface area contributed by atoms with Crippen molar-refractivity contribution >= 4 is 33.0 Å². The van der Waals surface area contributed by atoms with E-state index in [2.05, 4.69) is 62.1 Å². The number of halogens is 1. The van der Waals surface area contributed by atoms with Gasteiger partial charge in [0.2, 0.25) is 0 Å². The van der Waals surface area contributed by atoms with Gasteiger partial charge in [0.25, 0.3) is 0 Å². The predicted molar refractivity (Wildman–Crippen MR) is 101 cm³/mol. The lowest BCUT2D eigenvalue weighted by Crippen LogP contribution is -2.22. The molecule has 0 saturated heterocycles. The number of hydrogen-bond acceptors (Lipinski definition) is 4. The van der Waals surface area contributed by atoms with Crippen LogP contribution in [0.3, 0.4) is 0 Å². The fraction of sp³-hybridized carbons (Fsp3) is 0.222. The van der Waals surface area contributed by atoms with Crippen molar-refractivity contribution in [2.45, 2.75) is 13.0 Å². The van der Waals surface area contributed by atoms with Gasteiger partial charge in [-0.3, -0.25) is 4.98 Å². The van der Waals surface area contributed by atoms with E-state index in [9.17, 15) is 0 Å². The van der Waals surface area contributed by atoms with Crippen molar-refractivity contribution in [3.05, 3.63) is 63.4 Å². The average molecular weight is 404 g/mol. The minimum atomic E-state index is 0.176. The van der Waals surface area contributed by atoms with Crippen LogP contribution in [0.1, 0.15) is 13.0 Å². The first-order chi connectivity index (χ1) is 11.7. The van der Waals surface area contributed by atoms with Gasteiger partial charge in [0.15, 0.2) is 4.80 Å². The van der Waals surface area contributed by atoms with Crippen molar-refractivity contribution in [2.75, 3.05) is 13.7 Å². The Kier molecular flexibility index (Phi) is 5.60. The van der Waals surface area contributed by atoms with Gasteiger partial charge in [-0.25, -0.2) is 4.99 Å². The smallest absolute Gasteiger partial charge is 0.190 e. The summed E-state index contributed by atoms with van der Waals surface area (Å²) in [6, 6.07) is 12.3. The molecule has 1 unspecified atom stereocenters. The lowest BCUT2D eigenvalue weighted by atomic mass is 10.1. The number of hydrogen-bond donors (Lipinski definition) is 0. The highest BCUT2D eigenvalue weighted by Gasteiger charge is 2.14. The van der Waals surface area contributed by atoms with Gasteiger partial charge in [0.05, 0.1) is 30.2 Å². The summed E-state index contributed by atoms with van der Waals surface area (Å²) in [5.74, 6) is 0. The maximum absolute atomic E-state index is 5.36. The van der Waals surface area contributed by atoms with Crippen LogP contribution in [0.4, 0.5) is 5.69 Å². The van der Waals surface area contributed by atoms with E-state index in [-0.39, 0.29) is 6.04 Å². The van der Waals surface area contributed by atoms with Crippen LogP contribution in [0.2, 0.25) is 0 Å². The lowest BCUT2D eigenvalue weighted by molar-refractivity contribution is 0.162. The van der Waals surface area contributed by atoms with Gasteiger partial charge in [0.1, 0.15) is 0 Å². The second kappa shape index (κ2) is 7.88. The van der Waals surface area contributed by atoms with E-state index in [4.69, 9.17) is 9.73 Å². The van der Waals surface area contributed by atoms with Crippen molar-refractivity contribution in [3.8, 4) is 11.3 Å². The molecule has 0 amide bonds. The summed E-state index contributed by atoms with van der Waals surface area (Å²) in [5, 5.41) is 2.14. The average Bonchev–Trinajstić information content (AvgIpc) is 3.00. The molecule has 0 aliphatic heterocycles. The molecule has 0 radical (unpaired) electrons. The Labute approximate surface area is 153 Å². The van der Waals surface area contributed by atoms with Crippen LogP contribution in [0.15, 0.2) is 63.6 Å². The van der Waals surface area contributed by atoms with E-state index >= 15 is 0 Å². The van der Waals surface area contributed by atoms with E-state index in [1.54, 1.807) is 30.8 Å². The third-order valence-electron chi connectivity index (χ3n) is 3.60. The van der Waals surface area contributed by atoms with Crippen molar-refractivity contribution in [1.82, 2.24) is 9.55 Å². The van der Waals surface area contributed by atoms with Gasteiger partial charge in [0, 0.05) is 23.2 Å². The Morgan fingerprint density at radius 2 is 2.08 bits per heavy atom. The van der Waals surface area contributed by atoms with E-state index in [0.29, 0.717) is 6.61 Å². The molecule has 3 aromatic rings. The lowest BCUT2D eigenvalue weighted by Gasteiger charge is -2.16. The first-order valence-corrected chi connectivity index (χ1v) is 9.26. The number of nitrogens with zero attached hydrogens (tertiary/aromatic N) is 3. The van der Waals surface area contributed by atoms with Crippen molar-refractivity contribution < 1.29 is 4.74 Å². The van der Waals surface area contributed by atoms with Gasteiger partial charge in [-0.2, -0.15) is 0 Å². The quantitative estimate of drug-likeness (QED) is 0.612. The maximum Gasteiger partial charge on any atom is 0.190 e. The number of ether oxygens (including phenoxy) is 1. The summed E-state index contributed by atoms with van der Waals surface area (Å²) in [5.41, 5.74) is 3.14. The summed E-state index contributed by atoms with van der Waals surface area (Å²) >= 11 is 5.12. The molecule has 0 saturated carbocycles. The standard InChI is InChI=1S/C18H18BrN3OS/c1-13(11-23-2)22-17(14-5-7-15(19)8-6-14)12-24-18(22)21-16-4-3-9-20-10-16/h3-10,12-13H,11H2,1-2H3. The second-order valence-corrected chi connectivity index (χ2v) is 7.16. The summed E-state index contributed by atoms with van der Waals surface area (Å²) in [6.45, 7) is 2.77. The number of rotatable bonds is 5. The summed E-state index contributed by atoms with van der Waals surface area (Å²) in [7, 11) is 1.72. The minimum Gasteiger partial charge on any atom is -0.383 e. The molecule has 0 bridgehead atoms. The molecule has 2 heterocycles. The fourth-order valence-corrected chi connectivity index (χ4v) is 3.79. The molecule has 4 nitrogen and oxygen atoms in total. The highest BCUT2D eigenvalue weighted by atomic mass is 79.9. The Morgan fingerprint density at radius 3 is 2.75 bits per heavy atom. The van der Waals surface area contributed by atoms with Crippen molar-refractivity contribution in [2.24, 2.45) is 4.99 Å². The molecule has 24 heavy (non-hydrogen) atoms. The summed E-state index contributed by atoms with van der Waals surface area (Å²) in [4.78, 5) is 9.84. The molecule has 6 heteroatoms. The molecule has 0 aliphatic rings. The number of benzene rings is 1. The number of pyridine rings is 1. The predicted octanol–water partition coefficient (Wildman–Crippen LogP) is 4.81. The first-order valence-electron chi connectivity index (χ1n) is 7.58. The molecule has 0 fully saturated rings. The van der Waals surface area contributed by atoms with Crippen LogP contribution in [-0.4, -0.2) is 23.3 Å². The Morgan fingerprint density at radius 1 is 1.29 bits per heavy atom. The molecular weight excluding hydrogens is 386 g/mol. The third kappa shape index (κ3) is 3.83. The Hall–Kier alpha value is -1.76. The molecule has 0 N–H and O–H groups in total. The van der Waals surface area contributed by atoms with Crippen LogP contribution in [0.5, 0.6) is 0 Å². The van der Waals surface area contributed by atoms with E-state index in [1.165, 1.54) is 0 Å². The Balaban J connectivity index is 2.13. The van der Waals surface area contributed by atoms with Crippen LogP contribution in [0.25, 0.3) is 11.3 Å². The van der Waals surface area contributed by atoms with Crippen LogP contribution < -0.4 is 4.80 Å². The zero-order chi connectivity index (χ0) is 16.9. The third-order valence-corrected chi connectivity index (χ3v) is 4.97. The van der Waals surface area contributed by atoms with Gasteiger partial charge < -0.3 is 9.30 Å². The first kappa shape index (κ1) is 17.1. The highest BCUT2D eigenvalue weighted by Crippen LogP contribution is 2.25. The fourth-order valence-electron chi connectivity index (χ4n) is 2.51. The van der Waals surface area contributed by atoms with Crippen molar-refractivity contribution in [1.29, 1.82) is 0 Å². The monoisotopic (exact) mass is 403 g/mol. The van der Waals surface area contributed by atoms with Gasteiger partial charge in [-0.15, -0.1) is 11.3 Å². The largest absolute Gasteiger partial charge is 0.383 e. The van der Waals surface area contributed by atoms with E-state index in [0.717, 1.165) is 26.2 Å². The highest BCUT2D eigenvalue weighted by molar-refractivity contribution is 9.10. The molecule has 124 valence electrons. The number of aromatic nitrogens is 2. The zero-order valence-electron chi connectivity index (χ0n) is 13.5. The summed E-state index contributed by atoms with van der Waals surface area (Å²) < 4.78 is 8.66. The molecule has 1 atom stereocenters. The SMILES string of the molecule is COCC(C)n1c(-c2ccc(Br)cc2)csc1=Nc1cccnc1. The molecule has 1 aromatic carbocycles. The van der Waals surface area contributed by atoms with Crippen LogP contribution in [-0.2, 0) is 4.74 Å². The van der Waals surface area contributed by atoms with Crippen LogP contribution >= 0.6 is 27.3 Å². The topological polar surface area (TPSA) is 39.4 Å². The number of methoxy groups -OCH3 is 1. The van der Waals surface area contributed by atoms with Gasteiger partial charge in [-0.1, -0.05) is 28.1 Å². The Bertz CT molecular complexity index is 856. The molecular formula is C18H18BrN3OS. The van der Waals surface area contributed by atoms with Gasteiger partial charge >= 0.3 is 0 Å². The normalized spacial score (nSPS) is 13.2. The van der Waals surface area contributed by atoms with Gasteiger partial charge in [-0.05, 0) is 36.8 Å². The second-order valence-electron chi connectivity index (χ2n) is 5.41.